The van der Waals surface area contributed by atoms with Gasteiger partial charge in [-0.15, -0.1) is 0 Å². The molecule has 1 aromatic heterocycles. The molecule has 0 amide bonds. The quantitative estimate of drug-likeness (QED) is 0.575. The SMILES string of the molecule is C(#Cc1ccc(OCc2ccccc2)c(C2OCCO2)n1)CN1CCc2ccccc2C1. The number of nitrogens with zero attached hydrogens (tertiary/aromatic N) is 2. The van der Waals surface area contributed by atoms with Gasteiger partial charge in [0.05, 0.1) is 19.8 Å². The maximum Gasteiger partial charge on any atom is 0.205 e. The lowest BCUT2D eigenvalue weighted by molar-refractivity contribution is -0.0492. The van der Waals surface area contributed by atoms with Gasteiger partial charge in [0.2, 0.25) is 6.29 Å². The molecule has 0 bridgehead atoms. The predicted molar refractivity (Wildman–Crippen MR) is 122 cm³/mol. The van der Waals surface area contributed by atoms with E-state index in [1.165, 1.54) is 11.1 Å². The van der Waals surface area contributed by atoms with Crippen LogP contribution in [0.15, 0.2) is 66.7 Å². The van der Waals surface area contributed by atoms with Gasteiger partial charge in [-0.05, 0) is 41.2 Å². The molecule has 0 aliphatic carbocycles. The van der Waals surface area contributed by atoms with E-state index < -0.39 is 6.29 Å². The van der Waals surface area contributed by atoms with E-state index in [2.05, 4.69) is 41.0 Å². The lowest BCUT2D eigenvalue weighted by atomic mass is 10.0. The zero-order valence-electron chi connectivity index (χ0n) is 18.0. The molecule has 5 rings (SSSR count). The number of ether oxygens (including phenoxy) is 3. The summed E-state index contributed by atoms with van der Waals surface area (Å²) in [5.41, 5.74) is 5.29. The van der Waals surface area contributed by atoms with Crippen molar-refractivity contribution in [2.24, 2.45) is 0 Å². The molecule has 0 N–H and O–H groups in total. The van der Waals surface area contributed by atoms with E-state index in [9.17, 15) is 0 Å². The van der Waals surface area contributed by atoms with Crippen LogP contribution in [0.25, 0.3) is 0 Å². The van der Waals surface area contributed by atoms with Gasteiger partial charge in [0.1, 0.15) is 23.7 Å². The second kappa shape index (κ2) is 9.97. The van der Waals surface area contributed by atoms with Gasteiger partial charge < -0.3 is 14.2 Å². The minimum atomic E-state index is -0.513. The summed E-state index contributed by atoms with van der Waals surface area (Å²) in [5, 5.41) is 0. The van der Waals surface area contributed by atoms with Crippen molar-refractivity contribution in [2.45, 2.75) is 25.9 Å². The normalized spacial score (nSPS) is 16.2. The van der Waals surface area contributed by atoms with E-state index in [1.54, 1.807) is 0 Å². The molecule has 5 heteroatoms. The molecule has 0 atom stereocenters. The Morgan fingerprint density at radius 2 is 1.72 bits per heavy atom. The molecule has 1 fully saturated rings. The molecule has 3 heterocycles. The highest BCUT2D eigenvalue weighted by Crippen LogP contribution is 2.30. The minimum Gasteiger partial charge on any atom is -0.487 e. The predicted octanol–water partition coefficient (Wildman–Crippen LogP) is 4.12. The van der Waals surface area contributed by atoms with Crippen molar-refractivity contribution < 1.29 is 14.2 Å². The Morgan fingerprint density at radius 1 is 0.938 bits per heavy atom. The van der Waals surface area contributed by atoms with Crippen LogP contribution in [0.5, 0.6) is 5.75 Å². The van der Waals surface area contributed by atoms with Gasteiger partial charge in [-0.25, -0.2) is 4.98 Å². The summed E-state index contributed by atoms with van der Waals surface area (Å²) < 4.78 is 17.4. The first-order valence-electron chi connectivity index (χ1n) is 11.0. The van der Waals surface area contributed by atoms with Crippen molar-refractivity contribution in [3.63, 3.8) is 0 Å². The molecule has 0 saturated carbocycles. The molecular formula is C27H26N2O3. The van der Waals surface area contributed by atoms with Gasteiger partial charge in [-0.2, -0.15) is 0 Å². The van der Waals surface area contributed by atoms with Crippen LogP contribution in [-0.2, 0) is 29.0 Å². The first-order valence-corrected chi connectivity index (χ1v) is 11.0. The number of aromatic nitrogens is 1. The van der Waals surface area contributed by atoms with E-state index in [1.807, 2.05) is 42.5 Å². The topological polar surface area (TPSA) is 43.8 Å². The van der Waals surface area contributed by atoms with E-state index in [4.69, 9.17) is 19.2 Å². The Hall–Kier alpha value is -3.17. The molecule has 2 aromatic carbocycles. The van der Waals surface area contributed by atoms with Crippen molar-refractivity contribution in [3.8, 4) is 17.6 Å². The summed E-state index contributed by atoms with van der Waals surface area (Å²) in [5.74, 6) is 7.17. The highest BCUT2D eigenvalue weighted by atomic mass is 16.7. The fourth-order valence-corrected chi connectivity index (χ4v) is 4.01. The standard InChI is InChI=1S/C27H26N2O3/c1-2-7-21(8-3-1)20-32-25-13-12-24(28-26(25)27-30-17-18-31-27)11-6-15-29-16-14-22-9-4-5-10-23(22)19-29/h1-5,7-10,12-13,27H,14-20H2. The zero-order valence-corrected chi connectivity index (χ0v) is 18.0. The van der Waals surface area contributed by atoms with Crippen molar-refractivity contribution >= 4 is 0 Å². The number of benzene rings is 2. The van der Waals surface area contributed by atoms with Crippen molar-refractivity contribution in [1.82, 2.24) is 9.88 Å². The lowest BCUT2D eigenvalue weighted by Gasteiger charge is -2.26. The minimum absolute atomic E-state index is 0.462. The fraction of sp³-hybridized carbons (Fsp3) is 0.296. The van der Waals surface area contributed by atoms with Gasteiger partial charge in [-0.3, -0.25) is 4.90 Å². The van der Waals surface area contributed by atoms with Crippen LogP contribution in [0.1, 0.15) is 34.4 Å². The summed E-state index contributed by atoms with van der Waals surface area (Å²) in [4.78, 5) is 7.09. The Bertz CT molecular complexity index is 1110. The van der Waals surface area contributed by atoms with Crippen LogP contribution >= 0.6 is 0 Å². The lowest BCUT2D eigenvalue weighted by Crippen LogP contribution is -2.30. The molecule has 32 heavy (non-hydrogen) atoms. The summed E-state index contributed by atoms with van der Waals surface area (Å²) in [7, 11) is 0. The van der Waals surface area contributed by atoms with Crippen LogP contribution in [0, 0.1) is 11.8 Å². The van der Waals surface area contributed by atoms with Crippen LogP contribution in [0.3, 0.4) is 0 Å². The van der Waals surface area contributed by atoms with E-state index in [0.717, 1.165) is 25.1 Å². The molecule has 0 spiro atoms. The van der Waals surface area contributed by atoms with Gasteiger partial charge in [-0.1, -0.05) is 60.5 Å². The van der Waals surface area contributed by atoms with Gasteiger partial charge >= 0.3 is 0 Å². The number of hydrogen-bond donors (Lipinski definition) is 0. The second-order valence-electron chi connectivity index (χ2n) is 7.96. The smallest absolute Gasteiger partial charge is 0.205 e. The van der Waals surface area contributed by atoms with E-state index >= 15 is 0 Å². The molecule has 3 aromatic rings. The van der Waals surface area contributed by atoms with Crippen LogP contribution in [-0.4, -0.2) is 36.2 Å². The molecule has 162 valence electrons. The Labute approximate surface area is 189 Å². The maximum absolute atomic E-state index is 6.04. The van der Waals surface area contributed by atoms with E-state index in [0.29, 0.717) is 43.5 Å². The maximum atomic E-state index is 6.04. The van der Waals surface area contributed by atoms with Crippen LogP contribution in [0.4, 0.5) is 0 Å². The average molecular weight is 427 g/mol. The highest BCUT2D eigenvalue weighted by Gasteiger charge is 2.24. The molecular weight excluding hydrogens is 400 g/mol. The Balaban J connectivity index is 1.28. The summed E-state index contributed by atoms with van der Waals surface area (Å²) in [6.45, 7) is 4.26. The summed E-state index contributed by atoms with van der Waals surface area (Å²) in [6.07, 6.45) is 0.561. The molecule has 0 unspecified atom stereocenters. The van der Waals surface area contributed by atoms with Gasteiger partial charge in [0.25, 0.3) is 0 Å². The van der Waals surface area contributed by atoms with Crippen molar-refractivity contribution in [2.75, 3.05) is 26.3 Å². The van der Waals surface area contributed by atoms with Crippen molar-refractivity contribution in [1.29, 1.82) is 0 Å². The third kappa shape index (κ3) is 5.00. The molecule has 2 aliphatic rings. The second-order valence-corrected chi connectivity index (χ2v) is 7.96. The summed E-state index contributed by atoms with van der Waals surface area (Å²) in [6, 6.07) is 22.5. The van der Waals surface area contributed by atoms with Crippen molar-refractivity contribution in [3.05, 3.63) is 94.8 Å². The average Bonchev–Trinajstić information content (AvgIpc) is 3.39. The molecule has 5 nitrogen and oxygen atoms in total. The Kier molecular flexibility index (Phi) is 6.45. The monoisotopic (exact) mass is 426 g/mol. The molecule has 0 radical (unpaired) electrons. The largest absolute Gasteiger partial charge is 0.487 e. The third-order valence-electron chi connectivity index (χ3n) is 5.70. The molecule has 2 aliphatic heterocycles. The number of hydrogen-bond acceptors (Lipinski definition) is 5. The van der Waals surface area contributed by atoms with Gasteiger partial charge in [0, 0.05) is 13.1 Å². The highest BCUT2D eigenvalue weighted by molar-refractivity contribution is 5.37. The number of fused-ring (bicyclic) bond motifs is 1. The first kappa shape index (κ1) is 20.7. The fourth-order valence-electron chi connectivity index (χ4n) is 4.01. The van der Waals surface area contributed by atoms with Gasteiger partial charge in [0.15, 0.2) is 0 Å². The van der Waals surface area contributed by atoms with Crippen LogP contribution in [0.2, 0.25) is 0 Å². The zero-order chi connectivity index (χ0) is 21.6. The third-order valence-corrected chi connectivity index (χ3v) is 5.70. The Morgan fingerprint density at radius 3 is 2.56 bits per heavy atom. The number of rotatable bonds is 5. The molecule has 1 saturated heterocycles. The summed E-state index contributed by atoms with van der Waals surface area (Å²) >= 11 is 0. The first-order chi connectivity index (χ1) is 15.8. The van der Waals surface area contributed by atoms with Crippen LogP contribution < -0.4 is 4.74 Å². The van der Waals surface area contributed by atoms with E-state index in [-0.39, 0.29) is 0 Å². The number of pyridine rings is 1.